The first-order valence-corrected chi connectivity index (χ1v) is 7.31. The molecule has 96 valence electrons. The lowest BCUT2D eigenvalue weighted by molar-refractivity contribution is 0.0843. The Kier molecular flexibility index (Phi) is 3.60. The van der Waals surface area contributed by atoms with Crippen LogP contribution in [0.4, 0.5) is 0 Å². The smallest absolute Gasteiger partial charge is 0.0844 e. The summed E-state index contributed by atoms with van der Waals surface area (Å²) in [5, 5.41) is 14.6. The van der Waals surface area contributed by atoms with Gasteiger partial charge >= 0.3 is 0 Å². The summed E-state index contributed by atoms with van der Waals surface area (Å²) in [6, 6.07) is 1.30. The van der Waals surface area contributed by atoms with E-state index in [-0.39, 0.29) is 0 Å². The molecule has 0 radical (unpaired) electrons. The molecule has 0 spiro atoms. The van der Waals surface area contributed by atoms with Gasteiger partial charge in [0.2, 0.25) is 0 Å². The molecule has 0 aromatic rings. The van der Waals surface area contributed by atoms with E-state index in [0.717, 1.165) is 12.5 Å². The summed E-state index contributed by atoms with van der Waals surface area (Å²) in [4.78, 5) is 0. The first kappa shape index (κ1) is 11.5. The Bertz CT molecular complexity index is 267. The number of hydrogen-bond acceptors (Lipinski definition) is 4. The van der Waals surface area contributed by atoms with Gasteiger partial charge in [0, 0.05) is 6.04 Å². The Morgan fingerprint density at radius 1 is 0.941 bits per heavy atom. The molecule has 3 aliphatic rings. The molecule has 2 heterocycles. The summed E-state index contributed by atoms with van der Waals surface area (Å²) in [5.74, 6) is 0.813. The van der Waals surface area contributed by atoms with Crippen molar-refractivity contribution in [3.8, 4) is 0 Å². The van der Waals surface area contributed by atoms with Crippen LogP contribution in [0.25, 0.3) is 0 Å². The van der Waals surface area contributed by atoms with Crippen molar-refractivity contribution < 1.29 is 0 Å². The maximum Gasteiger partial charge on any atom is 0.0844 e. The molecule has 0 aromatic heterocycles. The zero-order valence-corrected chi connectivity index (χ0v) is 10.6. The minimum absolute atomic E-state index is 0.611. The van der Waals surface area contributed by atoms with Crippen molar-refractivity contribution >= 4 is 0 Å². The molecule has 2 fully saturated rings. The van der Waals surface area contributed by atoms with Gasteiger partial charge in [0.15, 0.2) is 0 Å². The van der Waals surface area contributed by atoms with Gasteiger partial charge in [-0.2, -0.15) is 5.11 Å². The molecule has 0 aromatic carbocycles. The molecule has 17 heavy (non-hydrogen) atoms. The number of nitrogens with one attached hydrogen (secondary N) is 1. The molecule has 1 aliphatic carbocycles. The Hall–Kier alpha value is -0.640. The predicted octanol–water partition coefficient (Wildman–Crippen LogP) is 2.37. The lowest BCUT2D eigenvalue weighted by atomic mass is 9.87. The Labute approximate surface area is 104 Å². The zero-order chi connectivity index (χ0) is 11.5. The molecule has 0 amide bonds. The molecule has 4 nitrogen and oxygen atoms in total. The van der Waals surface area contributed by atoms with Gasteiger partial charge in [0.1, 0.15) is 0 Å². The quantitative estimate of drug-likeness (QED) is 0.799. The normalized spacial score (nSPS) is 32.2. The van der Waals surface area contributed by atoms with E-state index in [2.05, 4.69) is 20.7 Å². The SMILES string of the molecule is C1CCC(N2N=NCC2C2CCNCC2)CC1. The van der Waals surface area contributed by atoms with Crippen molar-refractivity contribution in [2.45, 2.75) is 57.0 Å². The third kappa shape index (κ3) is 2.46. The fraction of sp³-hybridized carbons (Fsp3) is 1.00. The van der Waals surface area contributed by atoms with Gasteiger partial charge in [-0.1, -0.05) is 24.5 Å². The maximum absolute atomic E-state index is 4.45. The average molecular weight is 236 g/mol. The average Bonchev–Trinajstić information content (AvgIpc) is 2.90. The predicted molar refractivity (Wildman–Crippen MR) is 67.8 cm³/mol. The van der Waals surface area contributed by atoms with E-state index in [1.165, 1.54) is 58.0 Å². The van der Waals surface area contributed by atoms with Gasteiger partial charge in [0.25, 0.3) is 0 Å². The van der Waals surface area contributed by atoms with Crippen molar-refractivity contribution in [3.05, 3.63) is 0 Å². The van der Waals surface area contributed by atoms with Crippen LogP contribution in [0.15, 0.2) is 10.3 Å². The summed E-state index contributed by atoms with van der Waals surface area (Å²) in [6.07, 6.45) is 9.46. The second-order valence-corrected chi connectivity index (χ2v) is 5.74. The van der Waals surface area contributed by atoms with E-state index >= 15 is 0 Å². The highest BCUT2D eigenvalue weighted by molar-refractivity contribution is 4.89. The van der Waals surface area contributed by atoms with Crippen molar-refractivity contribution in [1.29, 1.82) is 0 Å². The Morgan fingerprint density at radius 2 is 1.71 bits per heavy atom. The monoisotopic (exact) mass is 236 g/mol. The number of rotatable bonds is 2. The fourth-order valence-corrected chi connectivity index (χ4v) is 3.63. The van der Waals surface area contributed by atoms with E-state index in [9.17, 15) is 0 Å². The standard InChI is InChI=1S/C13H24N4/c1-2-4-12(5-3-1)17-13(10-15-16-17)11-6-8-14-9-7-11/h11-14H,1-10H2. The molecule has 1 atom stereocenters. The van der Waals surface area contributed by atoms with Crippen LogP contribution in [-0.4, -0.2) is 36.7 Å². The molecule has 1 saturated heterocycles. The first-order valence-electron chi connectivity index (χ1n) is 7.31. The number of nitrogens with zero attached hydrogens (tertiary/aromatic N) is 3. The van der Waals surface area contributed by atoms with Crippen LogP contribution in [0.3, 0.4) is 0 Å². The van der Waals surface area contributed by atoms with E-state index in [1.807, 2.05) is 0 Å². The summed E-state index contributed by atoms with van der Waals surface area (Å²) in [5.41, 5.74) is 0. The van der Waals surface area contributed by atoms with Crippen LogP contribution in [0, 0.1) is 5.92 Å². The van der Waals surface area contributed by atoms with Gasteiger partial charge < -0.3 is 5.32 Å². The minimum Gasteiger partial charge on any atom is -0.317 e. The maximum atomic E-state index is 4.45. The summed E-state index contributed by atoms with van der Waals surface area (Å²) in [6.45, 7) is 3.31. The van der Waals surface area contributed by atoms with Crippen LogP contribution in [0.2, 0.25) is 0 Å². The molecular weight excluding hydrogens is 212 g/mol. The highest BCUT2D eigenvalue weighted by Gasteiger charge is 2.35. The molecule has 1 N–H and O–H groups in total. The zero-order valence-electron chi connectivity index (χ0n) is 10.6. The van der Waals surface area contributed by atoms with Crippen LogP contribution in [0.1, 0.15) is 44.9 Å². The highest BCUT2D eigenvalue weighted by Crippen LogP contribution is 2.32. The minimum atomic E-state index is 0.611. The third-order valence-corrected chi connectivity index (χ3v) is 4.65. The first-order chi connectivity index (χ1) is 8.45. The van der Waals surface area contributed by atoms with Crippen LogP contribution in [0.5, 0.6) is 0 Å². The molecule has 4 heteroatoms. The Balaban J connectivity index is 1.63. The molecule has 1 saturated carbocycles. The number of hydrogen-bond donors (Lipinski definition) is 1. The molecule has 2 aliphatic heterocycles. The Morgan fingerprint density at radius 3 is 2.47 bits per heavy atom. The summed E-state index contributed by atoms with van der Waals surface area (Å²) in [7, 11) is 0. The molecule has 0 bridgehead atoms. The van der Waals surface area contributed by atoms with Crippen LogP contribution < -0.4 is 5.32 Å². The van der Waals surface area contributed by atoms with Gasteiger partial charge in [-0.25, -0.2) is 0 Å². The van der Waals surface area contributed by atoms with E-state index < -0.39 is 0 Å². The highest BCUT2D eigenvalue weighted by atomic mass is 15.6. The molecule has 3 rings (SSSR count). The van der Waals surface area contributed by atoms with Crippen LogP contribution in [-0.2, 0) is 0 Å². The molecular formula is C13H24N4. The molecule has 1 unspecified atom stereocenters. The lowest BCUT2D eigenvalue weighted by Gasteiger charge is -2.38. The van der Waals surface area contributed by atoms with Crippen molar-refractivity contribution in [3.63, 3.8) is 0 Å². The number of piperidine rings is 1. The summed E-state index contributed by atoms with van der Waals surface area (Å²) < 4.78 is 0. The van der Waals surface area contributed by atoms with Crippen molar-refractivity contribution in [2.24, 2.45) is 16.3 Å². The fourth-order valence-electron chi connectivity index (χ4n) is 3.63. The van der Waals surface area contributed by atoms with Gasteiger partial charge in [0.05, 0.1) is 12.6 Å². The van der Waals surface area contributed by atoms with Gasteiger partial charge in [-0.05, 0) is 44.7 Å². The topological polar surface area (TPSA) is 40.0 Å². The summed E-state index contributed by atoms with van der Waals surface area (Å²) >= 11 is 0. The largest absolute Gasteiger partial charge is 0.317 e. The second-order valence-electron chi connectivity index (χ2n) is 5.74. The van der Waals surface area contributed by atoms with E-state index in [0.29, 0.717) is 12.1 Å². The van der Waals surface area contributed by atoms with Gasteiger partial charge in [-0.15, -0.1) is 0 Å². The second kappa shape index (κ2) is 5.34. The third-order valence-electron chi connectivity index (χ3n) is 4.65. The lowest BCUT2D eigenvalue weighted by Crippen LogP contribution is -2.46. The van der Waals surface area contributed by atoms with Crippen molar-refractivity contribution in [2.75, 3.05) is 19.6 Å². The van der Waals surface area contributed by atoms with E-state index in [1.54, 1.807) is 0 Å². The van der Waals surface area contributed by atoms with E-state index in [4.69, 9.17) is 0 Å². The van der Waals surface area contributed by atoms with Gasteiger partial charge in [-0.3, -0.25) is 5.01 Å². The van der Waals surface area contributed by atoms with Crippen molar-refractivity contribution in [1.82, 2.24) is 10.3 Å². The van der Waals surface area contributed by atoms with Crippen LogP contribution >= 0.6 is 0 Å².